The molecule has 174 valence electrons. The molecule has 2 N–H and O–H groups in total. The Hall–Kier alpha value is -2.22. The molecular weight excluding hydrogens is 390 g/mol. The van der Waals surface area contributed by atoms with Crippen LogP contribution in [-0.2, 0) is 28.5 Å². The van der Waals surface area contributed by atoms with Crippen LogP contribution < -0.4 is 5.32 Å². The van der Waals surface area contributed by atoms with Gasteiger partial charge in [0.1, 0.15) is 11.5 Å². The highest BCUT2D eigenvalue weighted by molar-refractivity contribution is 5.69. The molecule has 1 aliphatic rings. The number of dihydropyridines is 1. The lowest BCUT2D eigenvalue weighted by molar-refractivity contribution is -0.145. The summed E-state index contributed by atoms with van der Waals surface area (Å²) in [5.41, 5.74) is 1.78. The minimum absolute atomic E-state index is 0.211. The van der Waals surface area contributed by atoms with Crippen molar-refractivity contribution in [1.82, 2.24) is 5.32 Å². The van der Waals surface area contributed by atoms with E-state index in [4.69, 9.17) is 24.1 Å². The third kappa shape index (κ3) is 12.4. The van der Waals surface area contributed by atoms with E-state index in [2.05, 4.69) is 5.32 Å². The van der Waals surface area contributed by atoms with Crippen molar-refractivity contribution < 1.29 is 33.6 Å². The molecule has 0 saturated heterocycles. The van der Waals surface area contributed by atoms with Crippen LogP contribution in [-0.4, -0.2) is 50.6 Å². The Morgan fingerprint density at radius 3 is 1.57 bits per heavy atom. The number of hydrogen-bond donors (Lipinski definition) is 2. The number of allylic oxidation sites excluding steroid dienone is 2. The van der Waals surface area contributed by atoms with Crippen molar-refractivity contribution in [3.63, 3.8) is 0 Å². The van der Waals surface area contributed by atoms with E-state index in [1.807, 2.05) is 27.7 Å². The normalized spacial score (nSPS) is 13.1. The van der Waals surface area contributed by atoms with Gasteiger partial charge in [-0.15, -0.1) is 0 Å². The van der Waals surface area contributed by atoms with Crippen LogP contribution in [0.2, 0.25) is 0 Å². The number of carbonyl (C=O) groups is 2. The van der Waals surface area contributed by atoms with Crippen LogP contribution in [0.15, 0.2) is 22.9 Å². The van der Waals surface area contributed by atoms with Gasteiger partial charge >= 0.3 is 11.9 Å². The Balaban J connectivity index is 0.00000407. The highest BCUT2D eigenvalue weighted by Gasteiger charge is 2.19. The van der Waals surface area contributed by atoms with E-state index in [-0.39, 0.29) is 38.0 Å². The molecular formula is C22H39NO7. The molecule has 0 aromatic heterocycles. The molecule has 0 bridgehead atoms. The average Bonchev–Trinajstić information content (AvgIpc) is 2.73. The maximum Gasteiger partial charge on any atom is 0.309 e. The second kappa shape index (κ2) is 17.6. The molecule has 0 radical (unpaired) electrons. The van der Waals surface area contributed by atoms with Crippen LogP contribution in [0.25, 0.3) is 0 Å². The molecule has 0 aromatic carbocycles. The predicted octanol–water partition coefficient (Wildman–Crippen LogP) is 3.55. The molecule has 0 aliphatic carbocycles. The number of unbranched alkanes of at least 4 members (excludes halogenated alkanes) is 2. The molecule has 0 aromatic rings. The maximum atomic E-state index is 11.6. The lowest BCUT2D eigenvalue weighted by Crippen LogP contribution is -2.22. The fraction of sp³-hybridized carbons (Fsp3) is 0.727. The van der Waals surface area contributed by atoms with E-state index in [9.17, 15) is 9.59 Å². The highest BCUT2D eigenvalue weighted by atomic mass is 16.5. The smallest absolute Gasteiger partial charge is 0.309 e. The number of carbonyl (C=O) groups excluding carboxylic acids is 2. The number of aliphatic hydroxyl groups is 1. The molecule has 8 nitrogen and oxygen atoms in total. The van der Waals surface area contributed by atoms with Crippen LogP contribution in [0.4, 0.5) is 0 Å². The van der Waals surface area contributed by atoms with Crippen molar-refractivity contribution in [3.05, 3.63) is 22.9 Å². The first-order chi connectivity index (χ1) is 14.5. The lowest BCUT2D eigenvalue weighted by Gasteiger charge is -2.24. The Morgan fingerprint density at radius 1 is 0.800 bits per heavy atom. The number of aliphatic hydroxyl groups excluding tert-OH is 1. The van der Waals surface area contributed by atoms with Gasteiger partial charge in [0, 0.05) is 7.11 Å². The summed E-state index contributed by atoms with van der Waals surface area (Å²) in [7, 11) is 1.00. The summed E-state index contributed by atoms with van der Waals surface area (Å²) in [6.07, 6.45) is 4.64. The number of hydrogen-bond acceptors (Lipinski definition) is 8. The van der Waals surface area contributed by atoms with E-state index >= 15 is 0 Å². The highest BCUT2D eigenvalue weighted by Crippen LogP contribution is 2.24. The van der Waals surface area contributed by atoms with Gasteiger partial charge in [0.2, 0.25) is 0 Å². The molecule has 1 rings (SSSR count). The van der Waals surface area contributed by atoms with Gasteiger partial charge in [-0.25, -0.2) is 0 Å². The molecule has 30 heavy (non-hydrogen) atoms. The third-order valence-corrected chi connectivity index (χ3v) is 4.22. The van der Waals surface area contributed by atoms with E-state index in [1.165, 1.54) is 0 Å². The molecule has 8 heteroatoms. The Labute approximate surface area is 180 Å². The van der Waals surface area contributed by atoms with Crippen molar-refractivity contribution in [2.24, 2.45) is 0 Å². The zero-order valence-electron chi connectivity index (χ0n) is 19.2. The van der Waals surface area contributed by atoms with Crippen LogP contribution in [0.5, 0.6) is 0 Å². The van der Waals surface area contributed by atoms with Crippen LogP contribution in [0, 0.1) is 0 Å². The van der Waals surface area contributed by atoms with Crippen molar-refractivity contribution >= 4 is 11.9 Å². The molecule has 0 spiro atoms. The zero-order valence-corrected chi connectivity index (χ0v) is 19.2. The third-order valence-electron chi connectivity index (χ3n) is 4.22. The SMILES string of the molecule is CCCCOC(=O)CCOC1=C(C)NC(C)=C(OCCC(=O)OCCCC)C1.CO. The molecule has 0 fully saturated rings. The summed E-state index contributed by atoms with van der Waals surface area (Å²) < 4.78 is 21.7. The summed E-state index contributed by atoms with van der Waals surface area (Å²) in [4.78, 5) is 23.3. The minimum atomic E-state index is -0.250. The van der Waals surface area contributed by atoms with Crippen LogP contribution in [0.1, 0.15) is 72.6 Å². The van der Waals surface area contributed by atoms with Crippen molar-refractivity contribution in [2.45, 2.75) is 72.6 Å². The molecule has 1 heterocycles. The Morgan fingerprint density at radius 2 is 1.20 bits per heavy atom. The van der Waals surface area contributed by atoms with Gasteiger partial charge in [0.05, 0.1) is 57.1 Å². The number of esters is 2. The second-order valence-corrected chi connectivity index (χ2v) is 6.74. The van der Waals surface area contributed by atoms with E-state index in [0.717, 1.165) is 55.7 Å². The van der Waals surface area contributed by atoms with E-state index < -0.39 is 0 Å². The molecule has 0 saturated carbocycles. The zero-order chi connectivity index (χ0) is 22.8. The number of nitrogens with one attached hydrogen (secondary N) is 1. The summed E-state index contributed by atoms with van der Waals surface area (Å²) in [6, 6.07) is 0. The first kappa shape index (κ1) is 27.8. The molecule has 0 atom stereocenters. The predicted molar refractivity (Wildman–Crippen MR) is 114 cm³/mol. The largest absolute Gasteiger partial charge is 0.495 e. The fourth-order valence-electron chi connectivity index (χ4n) is 2.47. The standard InChI is InChI=1S/C21H35NO6.CH4O/c1-5-7-11-27-20(23)9-13-25-18-15-19(17(4)22-16(18)3)26-14-10-21(24)28-12-8-6-2;1-2/h22H,5-15H2,1-4H3;2H,1H3. The van der Waals surface area contributed by atoms with E-state index in [0.29, 0.717) is 19.6 Å². The van der Waals surface area contributed by atoms with Gasteiger partial charge in [0.15, 0.2) is 0 Å². The van der Waals surface area contributed by atoms with Gasteiger partial charge in [0.25, 0.3) is 0 Å². The minimum Gasteiger partial charge on any atom is -0.495 e. The van der Waals surface area contributed by atoms with Crippen molar-refractivity contribution in [3.8, 4) is 0 Å². The fourth-order valence-corrected chi connectivity index (χ4v) is 2.47. The van der Waals surface area contributed by atoms with Gasteiger partial charge < -0.3 is 29.4 Å². The quantitative estimate of drug-likeness (QED) is 0.319. The summed E-state index contributed by atoms with van der Waals surface area (Å²) in [6.45, 7) is 9.36. The van der Waals surface area contributed by atoms with Crippen LogP contribution in [0.3, 0.4) is 0 Å². The first-order valence-corrected chi connectivity index (χ1v) is 10.7. The topological polar surface area (TPSA) is 103 Å². The van der Waals surface area contributed by atoms with Crippen molar-refractivity contribution in [1.29, 1.82) is 0 Å². The molecule has 0 unspecified atom stereocenters. The number of ether oxygens (including phenoxy) is 4. The summed E-state index contributed by atoms with van der Waals surface area (Å²) >= 11 is 0. The second-order valence-electron chi connectivity index (χ2n) is 6.74. The molecule has 1 aliphatic heterocycles. The average molecular weight is 430 g/mol. The first-order valence-electron chi connectivity index (χ1n) is 10.7. The lowest BCUT2D eigenvalue weighted by atomic mass is 10.1. The van der Waals surface area contributed by atoms with E-state index in [1.54, 1.807) is 0 Å². The molecule has 0 amide bonds. The summed E-state index contributed by atoms with van der Waals surface area (Å²) in [5, 5.41) is 10.2. The van der Waals surface area contributed by atoms with Crippen LogP contribution >= 0.6 is 0 Å². The van der Waals surface area contributed by atoms with Gasteiger partial charge in [-0.3, -0.25) is 9.59 Å². The van der Waals surface area contributed by atoms with Gasteiger partial charge in [-0.2, -0.15) is 0 Å². The maximum absolute atomic E-state index is 11.6. The Bertz CT molecular complexity index is 522. The van der Waals surface area contributed by atoms with Gasteiger partial charge in [-0.1, -0.05) is 26.7 Å². The Kier molecular flexibility index (Phi) is 16.3. The summed E-state index contributed by atoms with van der Waals surface area (Å²) in [5.74, 6) is 0.959. The van der Waals surface area contributed by atoms with Crippen molar-refractivity contribution in [2.75, 3.05) is 33.5 Å². The number of rotatable bonds is 14. The van der Waals surface area contributed by atoms with Gasteiger partial charge in [-0.05, 0) is 26.7 Å². The monoisotopic (exact) mass is 429 g/mol.